The molecule has 23 heavy (non-hydrogen) atoms. The smallest absolute Gasteiger partial charge is 0.406 e. The van der Waals surface area contributed by atoms with E-state index in [0.717, 1.165) is 24.3 Å². The average molecular weight is 346 g/mol. The summed E-state index contributed by atoms with van der Waals surface area (Å²) in [6.45, 7) is 0. The van der Waals surface area contributed by atoms with Gasteiger partial charge in [0.1, 0.15) is 22.7 Å². The molecule has 0 atom stereocenters. The molecule has 122 valence electrons. The number of benzene rings is 2. The first kappa shape index (κ1) is 16.8. The van der Waals surface area contributed by atoms with Gasteiger partial charge in [-0.05, 0) is 36.4 Å². The predicted octanol–water partition coefficient (Wildman–Crippen LogP) is 3.17. The summed E-state index contributed by atoms with van der Waals surface area (Å²) in [7, 11) is -4.25. The highest BCUT2D eigenvalue weighted by molar-refractivity contribution is 7.87. The Morgan fingerprint density at radius 3 is 2.17 bits per heavy atom. The Balaban J connectivity index is 2.20. The summed E-state index contributed by atoms with van der Waals surface area (Å²) in [5.74, 6) is -0.648. The second-order valence-electron chi connectivity index (χ2n) is 4.25. The molecule has 0 fully saturated rings. The van der Waals surface area contributed by atoms with Crippen LogP contribution < -0.4 is 8.92 Å². The van der Waals surface area contributed by atoms with Gasteiger partial charge in [0, 0.05) is 5.56 Å². The highest BCUT2D eigenvalue weighted by atomic mass is 32.2. The first-order valence-electron chi connectivity index (χ1n) is 6.05. The van der Waals surface area contributed by atoms with Crippen LogP contribution in [0.1, 0.15) is 10.4 Å². The molecule has 0 aliphatic rings. The van der Waals surface area contributed by atoms with E-state index in [4.69, 9.17) is 4.18 Å². The molecule has 5 nitrogen and oxygen atoms in total. The van der Waals surface area contributed by atoms with Crippen molar-refractivity contribution < 1.29 is 35.3 Å². The van der Waals surface area contributed by atoms with E-state index in [0.29, 0.717) is 6.29 Å². The number of carbonyl (C=O) groups excluding carboxylic acids is 1. The van der Waals surface area contributed by atoms with E-state index in [1.54, 1.807) is 0 Å². The minimum absolute atomic E-state index is 0.0924. The molecule has 2 aromatic carbocycles. The van der Waals surface area contributed by atoms with Crippen molar-refractivity contribution in [1.82, 2.24) is 0 Å². The molecule has 0 aliphatic carbocycles. The number of carbonyl (C=O) groups is 1. The van der Waals surface area contributed by atoms with E-state index in [-0.39, 0.29) is 16.2 Å². The molecule has 0 heterocycles. The third-order valence-corrected chi connectivity index (χ3v) is 3.81. The van der Waals surface area contributed by atoms with Gasteiger partial charge in [-0.1, -0.05) is 12.1 Å². The van der Waals surface area contributed by atoms with E-state index in [9.17, 15) is 26.4 Å². The van der Waals surface area contributed by atoms with Crippen molar-refractivity contribution in [3.63, 3.8) is 0 Å². The number of alkyl halides is 3. The predicted molar refractivity (Wildman–Crippen MR) is 72.8 cm³/mol. The molecule has 0 spiro atoms. The van der Waals surface area contributed by atoms with Gasteiger partial charge in [-0.25, -0.2) is 0 Å². The lowest BCUT2D eigenvalue weighted by Crippen LogP contribution is -2.17. The molecule has 0 saturated heterocycles. The van der Waals surface area contributed by atoms with Gasteiger partial charge < -0.3 is 8.92 Å². The number of halogens is 3. The summed E-state index contributed by atoms with van der Waals surface area (Å²) < 4.78 is 68.6. The molecular formula is C14H9F3O5S. The molecule has 0 amide bonds. The fourth-order valence-corrected chi connectivity index (χ4v) is 2.55. The fourth-order valence-electron chi connectivity index (χ4n) is 1.62. The Morgan fingerprint density at radius 1 is 0.957 bits per heavy atom. The van der Waals surface area contributed by atoms with Crippen LogP contribution in [0.3, 0.4) is 0 Å². The Kier molecular flexibility index (Phi) is 4.60. The maximum atomic E-state index is 12.0. The third kappa shape index (κ3) is 4.71. The maximum absolute atomic E-state index is 12.0. The summed E-state index contributed by atoms with van der Waals surface area (Å²) in [6.07, 6.45) is -4.35. The SMILES string of the molecule is O=Cc1cccc(OS(=O)(=O)c2ccc(OC(F)(F)F)cc2)c1. The standard InChI is InChI=1S/C14H9F3O5S/c15-14(16,17)21-11-4-6-13(7-5-11)23(19,20)22-12-3-1-2-10(8-12)9-18/h1-9H. The van der Waals surface area contributed by atoms with Crippen molar-refractivity contribution in [2.24, 2.45) is 0 Å². The van der Waals surface area contributed by atoms with Gasteiger partial charge in [0.25, 0.3) is 0 Å². The molecule has 0 saturated carbocycles. The fraction of sp³-hybridized carbons (Fsp3) is 0.0714. The summed E-state index contributed by atoms with van der Waals surface area (Å²) in [5.41, 5.74) is 0.214. The van der Waals surface area contributed by atoms with Gasteiger partial charge in [-0.3, -0.25) is 4.79 Å². The zero-order chi connectivity index (χ0) is 17.1. The van der Waals surface area contributed by atoms with Crippen molar-refractivity contribution in [3.8, 4) is 11.5 Å². The highest BCUT2D eigenvalue weighted by Crippen LogP contribution is 2.25. The number of hydrogen-bond acceptors (Lipinski definition) is 5. The summed E-state index contributed by atoms with van der Waals surface area (Å²) in [5, 5.41) is 0. The van der Waals surface area contributed by atoms with E-state index < -0.39 is 22.2 Å². The van der Waals surface area contributed by atoms with Crippen LogP contribution in [0.25, 0.3) is 0 Å². The first-order chi connectivity index (χ1) is 10.7. The zero-order valence-electron chi connectivity index (χ0n) is 11.3. The van der Waals surface area contributed by atoms with E-state index in [2.05, 4.69) is 4.74 Å². The Labute approximate surface area is 129 Å². The Bertz CT molecular complexity index is 798. The van der Waals surface area contributed by atoms with Gasteiger partial charge in [-0.2, -0.15) is 8.42 Å². The lowest BCUT2D eigenvalue weighted by atomic mass is 10.2. The van der Waals surface area contributed by atoms with Crippen molar-refractivity contribution in [3.05, 3.63) is 54.1 Å². The quantitative estimate of drug-likeness (QED) is 0.614. The van der Waals surface area contributed by atoms with Gasteiger partial charge in [0.15, 0.2) is 0 Å². The molecule has 0 N–H and O–H groups in total. The average Bonchev–Trinajstić information content (AvgIpc) is 2.46. The van der Waals surface area contributed by atoms with Crippen molar-refractivity contribution >= 4 is 16.4 Å². The van der Waals surface area contributed by atoms with Crippen LogP contribution in [0.2, 0.25) is 0 Å². The second kappa shape index (κ2) is 6.29. The van der Waals surface area contributed by atoms with Crippen molar-refractivity contribution in [2.45, 2.75) is 11.3 Å². The molecule has 0 bridgehead atoms. The maximum Gasteiger partial charge on any atom is 0.573 e. The van der Waals surface area contributed by atoms with Crippen LogP contribution >= 0.6 is 0 Å². The molecule has 0 aromatic heterocycles. The molecule has 0 unspecified atom stereocenters. The van der Waals surface area contributed by atoms with Crippen LogP contribution in [0.15, 0.2) is 53.4 Å². The van der Waals surface area contributed by atoms with Crippen molar-refractivity contribution in [1.29, 1.82) is 0 Å². The van der Waals surface area contributed by atoms with Crippen LogP contribution in [-0.4, -0.2) is 21.1 Å². The minimum atomic E-state index is -4.87. The third-order valence-electron chi connectivity index (χ3n) is 2.55. The molecular weight excluding hydrogens is 337 g/mol. The summed E-state index contributed by atoms with van der Waals surface area (Å²) >= 11 is 0. The molecule has 2 rings (SSSR count). The summed E-state index contributed by atoms with van der Waals surface area (Å²) in [6, 6.07) is 8.96. The van der Waals surface area contributed by atoms with E-state index in [1.807, 2.05) is 0 Å². The zero-order valence-corrected chi connectivity index (χ0v) is 12.1. The highest BCUT2D eigenvalue weighted by Gasteiger charge is 2.31. The number of aldehydes is 1. The first-order valence-corrected chi connectivity index (χ1v) is 7.46. The Hall–Kier alpha value is -2.55. The van der Waals surface area contributed by atoms with Gasteiger partial charge in [0.2, 0.25) is 0 Å². The molecule has 2 aromatic rings. The van der Waals surface area contributed by atoms with E-state index in [1.165, 1.54) is 24.3 Å². The topological polar surface area (TPSA) is 69.7 Å². The number of rotatable bonds is 5. The second-order valence-corrected chi connectivity index (χ2v) is 5.79. The van der Waals surface area contributed by atoms with Gasteiger partial charge in [0.05, 0.1) is 0 Å². The van der Waals surface area contributed by atoms with Crippen LogP contribution in [0.5, 0.6) is 11.5 Å². The molecule has 9 heteroatoms. The van der Waals surface area contributed by atoms with Gasteiger partial charge in [-0.15, -0.1) is 13.2 Å². The van der Waals surface area contributed by atoms with Crippen molar-refractivity contribution in [2.75, 3.05) is 0 Å². The lowest BCUT2D eigenvalue weighted by molar-refractivity contribution is -0.274. The monoisotopic (exact) mass is 346 g/mol. The Morgan fingerprint density at radius 2 is 1.61 bits per heavy atom. The van der Waals surface area contributed by atoms with Crippen LogP contribution in [0, 0.1) is 0 Å². The van der Waals surface area contributed by atoms with Gasteiger partial charge >= 0.3 is 16.5 Å². The summed E-state index contributed by atoms with van der Waals surface area (Å²) in [4.78, 5) is 10.3. The largest absolute Gasteiger partial charge is 0.573 e. The van der Waals surface area contributed by atoms with E-state index >= 15 is 0 Å². The number of ether oxygens (including phenoxy) is 1. The molecule has 0 radical (unpaired) electrons. The van der Waals surface area contributed by atoms with Crippen LogP contribution in [-0.2, 0) is 10.1 Å². The minimum Gasteiger partial charge on any atom is -0.406 e. The van der Waals surface area contributed by atoms with Crippen LogP contribution in [0.4, 0.5) is 13.2 Å². The lowest BCUT2D eigenvalue weighted by Gasteiger charge is -2.10. The normalized spacial score (nSPS) is 11.8. The number of hydrogen-bond donors (Lipinski definition) is 0. The molecule has 0 aliphatic heterocycles.